The zero-order valence-corrected chi connectivity index (χ0v) is 14.9. The van der Waals surface area contributed by atoms with Gasteiger partial charge in [-0.05, 0) is 54.3 Å². The molecule has 3 heteroatoms. The van der Waals surface area contributed by atoms with E-state index in [9.17, 15) is 4.79 Å². The Balaban J connectivity index is 1.74. The van der Waals surface area contributed by atoms with E-state index in [1.807, 2.05) is 61.5 Å². The maximum Gasteiger partial charge on any atom is 0.265 e. The number of carbonyl (C=O) groups is 1. The van der Waals surface area contributed by atoms with Gasteiger partial charge in [0.2, 0.25) is 0 Å². The molecular formula is C22H23NO2. The molecule has 0 heterocycles. The highest BCUT2D eigenvalue weighted by Crippen LogP contribution is 2.23. The van der Waals surface area contributed by atoms with Gasteiger partial charge in [-0.25, -0.2) is 0 Å². The summed E-state index contributed by atoms with van der Waals surface area (Å²) >= 11 is 0. The molecule has 0 aliphatic carbocycles. The summed E-state index contributed by atoms with van der Waals surface area (Å²) in [5.41, 5.74) is 3.08. The minimum absolute atomic E-state index is 0.142. The Hall–Kier alpha value is -2.81. The molecule has 0 bridgehead atoms. The lowest BCUT2D eigenvalue weighted by atomic mass is 10.1. The first-order chi connectivity index (χ1) is 12.1. The minimum atomic E-state index is -0.578. The Morgan fingerprint density at radius 2 is 1.80 bits per heavy atom. The number of ether oxygens (including phenoxy) is 1. The summed E-state index contributed by atoms with van der Waals surface area (Å²) in [4.78, 5) is 12.6. The number of nitrogens with one attached hydrogen (secondary N) is 1. The quantitative estimate of drug-likeness (QED) is 0.704. The second-order valence-electron chi connectivity index (χ2n) is 6.22. The van der Waals surface area contributed by atoms with Gasteiger partial charge in [0.1, 0.15) is 5.75 Å². The summed E-state index contributed by atoms with van der Waals surface area (Å²) < 4.78 is 5.86. The van der Waals surface area contributed by atoms with Gasteiger partial charge in [-0.3, -0.25) is 4.79 Å². The van der Waals surface area contributed by atoms with Crippen LogP contribution in [0, 0.1) is 6.92 Å². The summed E-state index contributed by atoms with van der Waals surface area (Å²) in [5, 5.41) is 5.27. The lowest BCUT2D eigenvalue weighted by molar-refractivity contribution is -0.122. The fourth-order valence-electron chi connectivity index (χ4n) is 2.93. The van der Waals surface area contributed by atoms with E-state index in [2.05, 4.69) is 18.3 Å². The molecule has 3 rings (SSSR count). The topological polar surface area (TPSA) is 38.3 Å². The first-order valence-electron chi connectivity index (χ1n) is 8.63. The molecule has 0 spiro atoms. The van der Waals surface area contributed by atoms with Gasteiger partial charge in [0, 0.05) is 5.69 Å². The highest BCUT2D eigenvalue weighted by molar-refractivity contribution is 5.95. The third-order valence-electron chi connectivity index (χ3n) is 4.39. The molecule has 25 heavy (non-hydrogen) atoms. The van der Waals surface area contributed by atoms with Crippen molar-refractivity contribution in [3.8, 4) is 5.75 Å². The van der Waals surface area contributed by atoms with Crippen molar-refractivity contribution >= 4 is 22.4 Å². The molecule has 0 saturated heterocycles. The number of benzene rings is 3. The summed E-state index contributed by atoms with van der Waals surface area (Å²) in [7, 11) is 0. The molecule has 1 N–H and O–H groups in total. The predicted molar refractivity (Wildman–Crippen MR) is 103 cm³/mol. The number of anilines is 1. The number of carbonyl (C=O) groups excluding carboxylic acids is 1. The fraction of sp³-hybridized carbons (Fsp3) is 0.227. The second kappa shape index (κ2) is 7.39. The van der Waals surface area contributed by atoms with E-state index >= 15 is 0 Å². The molecule has 3 aromatic carbocycles. The second-order valence-corrected chi connectivity index (χ2v) is 6.22. The van der Waals surface area contributed by atoms with Crippen molar-refractivity contribution in [2.45, 2.75) is 33.3 Å². The van der Waals surface area contributed by atoms with Gasteiger partial charge in [-0.2, -0.15) is 0 Å². The third-order valence-corrected chi connectivity index (χ3v) is 4.39. The maximum atomic E-state index is 12.6. The molecule has 3 nitrogen and oxygen atoms in total. The molecule has 0 saturated carbocycles. The molecule has 0 fully saturated rings. The van der Waals surface area contributed by atoms with E-state index in [-0.39, 0.29) is 5.91 Å². The third kappa shape index (κ3) is 3.82. The Bertz CT molecular complexity index is 901. The van der Waals surface area contributed by atoms with Gasteiger partial charge in [0.05, 0.1) is 0 Å². The number of fused-ring (bicyclic) bond motifs is 1. The molecule has 3 aromatic rings. The summed E-state index contributed by atoms with van der Waals surface area (Å²) in [6, 6.07) is 20.0. The molecule has 0 aromatic heterocycles. The zero-order valence-electron chi connectivity index (χ0n) is 14.9. The van der Waals surface area contributed by atoms with E-state index in [0.717, 1.165) is 34.0 Å². The fourth-order valence-corrected chi connectivity index (χ4v) is 2.93. The van der Waals surface area contributed by atoms with Crippen LogP contribution in [0.2, 0.25) is 0 Å². The van der Waals surface area contributed by atoms with E-state index in [1.54, 1.807) is 6.92 Å². The number of aryl methyl sites for hydroxylation is 2. The van der Waals surface area contributed by atoms with Gasteiger partial charge >= 0.3 is 0 Å². The van der Waals surface area contributed by atoms with Crippen LogP contribution >= 0.6 is 0 Å². The van der Waals surface area contributed by atoms with Crippen LogP contribution < -0.4 is 10.1 Å². The van der Waals surface area contributed by atoms with E-state index in [1.165, 1.54) is 0 Å². The van der Waals surface area contributed by atoms with Gasteiger partial charge in [0.15, 0.2) is 6.10 Å². The lowest BCUT2D eigenvalue weighted by Gasteiger charge is -2.18. The molecule has 0 radical (unpaired) electrons. The number of rotatable bonds is 5. The van der Waals surface area contributed by atoms with Crippen LogP contribution in [0.1, 0.15) is 25.0 Å². The van der Waals surface area contributed by atoms with Crippen LogP contribution in [0.5, 0.6) is 5.75 Å². The summed E-state index contributed by atoms with van der Waals surface area (Å²) in [6.45, 7) is 5.86. The average Bonchev–Trinajstić information content (AvgIpc) is 2.63. The molecule has 128 valence electrons. The van der Waals surface area contributed by atoms with Crippen molar-refractivity contribution < 1.29 is 9.53 Å². The van der Waals surface area contributed by atoms with Crippen LogP contribution in [-0.4, -0.2) is 12.0 Å². The normalized spacial score (nSPS) is 12.0. The predicted octanol–water partition coefficient (Wildman–Crippen LogP) is 5.12. The number of para-hydroxylation sites is 1. The molecular weight excluding hydrogens is 310 g/mol. The van der Waals surface area contributed by atoms with Gasteiger partial charge in [-0.15, -0.1) is 0 Å². The smallest absolute Gasteiger partial charge is 0.265 e. The summed E-state index contributed by atoms with van der Waals surface area (Å²) in [6.07, 6.45) is 0.294. The average molecular weight is 333 g/mol. The Morgan fingerprint density at radius 1 is 1.04 bits per heavy atom. The highest BCUT2D eigenvalue weighted by atomic mass is 16.5. The molecule has 0 aliphatic heterocycles. The van der Waals surface area contributed by atoms with Crippen molar-refractivity contribution in [1.29, 1.82) is 0 Å². The van der Waals surface area contributed by atoms with Crippen molar-refractivity contribution in [2.75, 3.05) is 5.32 Å². The van der Waals surface area contributed by atoms with Crippen LogP contribution in [0.4, 0.5) is 5.69 Å². The van der Waals surface area contributed by atoms with E-state index < -0.39 is 6.10 Å². The Kier molecular flexibility index (Phi) is 5.03. The van der Waals surface area contributed by atoms with Crippen molar-refractivity contribution in [3.63, 3.8) is 0 Å². The van der Waals surface area contributed by atoms with Crippen molar-refractivity contribution in [2.24, 2.45) is 0 Å². The SMILES string of the molecule is CCc1cccc(C)c1NC(=O)[C@@H](C)Oc1ccc2ccccc2c1. The first kappa shape index (κ1) is 17.0. The zero-order chi connectivity index (χ0) is 17.8. The van der Waals surface area contributed by atoms with Crippen molar-refractivity contribution in [1.82, 2.24) is 0 Å². The first-order valence-corrected chi connectivity index (χ1v) is 8.63. The van der Waals surface area contributed by atoms with Crippen LogP contribution in [0.25, 0.3) is 10.8 Å². The standard InChI is InChI=1S/C22H23NO2/c1-4-17-11-7-8-15(2)21(17)23-22(24)16(3)25-20-13-12-18-9-5-6-10-19(18)14-20/h5-14,16H,4H2,1-3H3,(H,23,24)/t16-/m1/s1. The lowest BCUT2D eigenvalue weighted by Crippen LogP contribution is -2.30. The van der Waals surface area contributed by atoms with E-state index in [4.69, 9.17) is 4.74 Å². The molecule has 0 unspecified atom stereocenters. The number of hydrogen-bond acceptors (Lipinski definition) is 2. The Morgan fingerprint density at radius 3 is 2.56 bits per heavy atom. The van der Waals surface area contributed by atoms with Crippen LogP contribution in [0.15, 0.2) is 60.7 Å². The minimum Gasteiger partial charge on any atom is -0.481 e. The van der Waals surface area contributed by atoms with Crippen LogP contribution in [-0.2, 0) is 11.2 Å². The largest absolute Gasteiger partial charge is 0.481 e. The van der Waals surface area contributed by atoms with E-state index in [0.29, 0.717) is 5.75 Å². The Labute approximate surface area is 148 Å². The van der Waals surface area contributed by atoms with Gasteiger partial charge < -0.3 is 10.1 Å². The number of hydrogen-bond donors (Lipinski definition) is 1. The van der Waals surface area contributed by atoms with Crippen molar-refractivity contribution in [3.05, 3.63) is 71.8 Å². The summed E-state index contributed by atoms with van der Waals surface area (Å²) in [5.74, 6) is 0.555. The van der Waals surface area contributed by atoms with Crippen LogP contribution in [0.3, 0.4) is 0 Å². The van der Waals surface area contributed by atoms with Gasteiger partial charge in [-0.1, -0.05) is 55.5 Å². The van der Waals surface area contributed by atoms with Gasteiger partial charge in [0.25, 0.3) is 5.91 Å². The monoisotopic (exact) mass is 333 g/mol. The highest BCUT2D eigenvalue weighted by Gasteiger charge is 2.17. The molecule has 1 atom stereocenters. The maximum absolute atomic E-state index is 12.6. The molecule has 1 amide bonds. The molecule has 0 aliphatic rings. The number of amides is 1.